The van der Waals surface area contributed by atoms with Crippen molar-refractivity contribution in [3.05, 3.63) is 121 Å². The third-order valence-corrected chi connectivity index (χ3v) is 8.92. The maximum absolute atomic E-state index is 12.2. The van der Waals surface area contributed by atoms with Crippen molar-refractivity contribution in [2.45, 2.75) is 26.1 Å². The van der Waals surface area contributed by atoms with Crippen LogP contribution in [0.2, 0.25) is 0 Å². The molecule has 0 radical (unpaired) electrons. The van der Waals surface area contributed by atoms with Gasteiger partial charge >= 0.3 is 0 Å². The molecule has 0 aromatic heterocycles. The van der Waals surface area contributed by atoms with Crippen LogP contribution in [-0.2, 0) is 9.13 Å². The molecule has 0 aliphatic heterocycles. The predicted molar refractivity (Wildman–Crippen MR) is 155 cm³/mol. The van der Waals surface area contributed by atoms with Gasteiger partial charge in [-0.3, -0.25) is 9.13 Å². The Balaban J connectivity index is 0.000000211. The second-order valence-electron chi connectivity index (χ2n) is 8.13. The van der Waals surface area contributed by atoms with Crippen LogP contribution in [0.1, 0.15) is 13.8 Å². The summed E-state index contributed by atoms with van der Waals surface area (Å²) in [4.78, 5) is 20.0. The molecule has 2 atom stereocenters. The van der Waals surface area contributed by atoms with E-state index in [0.29, 0.717) is 21.2 Å². The predicted octanol–water partition coefficient (Wildman–Crippen LogP) is 3.57. The third kappa shape index (κ3) is 9.89. The van der Waals surface area contributed by atoms with Gasteiger partial charge in [-0.25, -0.2) is 0 Å². The van der Waals surface area contributed by atoms with Crippen LogP contribution in [0, 0.1) is 11.8 Å². The number of hydrogen-bond acceptors (Lipinski definition) is 4. The molecular weight excluding hydrogens is 518 g/mol. The molecule has 0 aliphatic carbocycles. The monoisotopic (exact) mass is 550 g/mol. The molecule has 4 N–H and O–H groups in total. The molecule has 0 amide bonds. The van der Waals surface area contributed by atoms with E-state index in [-0.39, 0.29) is 0 Å². The van der Waals surface area contributed by atoms with Crippen molar-refractivity contribution in [2.75, 3.05) is 0 Å². The molecule has 4 aromatic rings. The first-order valence-corrected chi connectivity index (χ1v) is 15.1. The second kappa shape index (κ2) is 15.2. The summed E-state index contributed by atoms with van der Waals surface area (Å²) in [5.74, 6) is 4.80. The highest BCUT2D eigenvalue weighted by molar-refractivity contribution is 7.73. The SMILES string of the molecule is CC(O)C#CC(C)O.O=P(O)(c1ccccc1)c1ccccc1.O=P(O)(c1ccccc1)c1ccccc1. The first-order valence-electron chi connectivity index (χ1n) is 11.8. The molecular formula is C30H32O6P2. The smallest absolute Gasteiger partial charge is 0.258 e. The Kier molecular flexibility index (Phi) is 12.4. The van der Waals surface area contributed by atoms with Gasteiger partial charge in [0.15, 0.2) is 0 Å². The minimum absolute atomic E-state index is 0.469. The van der Waals surface area contributed by atoms with Gasteiger partial charge in [-0.15, -0.1) is 0 Å². The van der Waals surface area contributed by atoms with Crippen molar-refractivity contribution in [1.82, 2.24) is 0 Å². The first-order chi connectivity index (χ1) is 18.0. The Morgan fingerprint density at radius 1 is 0.474 bits per heavy atom. The van der Waals surface area contributed by atoms with E-state index in [2.05, 4.69) is 11.8 Å². The molecule has 2 unspecified atom stereocenters. The van der Waals surface area contributed by atoms with Crippen LogP contribution in [0.5, 0.6) is 0 Å². The highest BCUT2D eigenvalue weighted by Crippen LogP contribution is 2.38. The average Bonchev–Trinajstić information content (AvgIpc) is 2.94. The molecule has 0 saturated carbocycles. The average molecular weight is 551 g/mol. The summed E-state index contributed by atoms with van der Waals surface area (Å²) < 4.78 is 24.3. The van der Waals surface area contributed by atoms with E-state index in [1.807, 2.05) is 24.3 Å². The second-order valence-corrected chi connectivity index (χ2v) is 12.5. The fourth-order valence-corrected chi connectivity index (χ4v) is 5.96. The van der Waals surface area contributed by atoms with Crippen LogP contribution < -0.4 is 21.2 Å². The fourth-order valence-electron chi connectivity index (χ4n) is 3.06. The summed E-state index contributed by atoms with van der Waals surface area (Å²) in [6, 6.07) is 34.8. The largest absolute Gasteiger partial charge is 0.381 e. The van der Waals surface area contributed by atoms with Crippen molar-refractivity contribution >= 4 is 36.0 Å². The van der Waals surface area contributed by atoms with Crippen molar-refractivity contribution in [1.29, 1.82) is 0 Å². The highest BCUT2D eigenvalue weighted by Gasteiger charge is 2.23. The van der Waals surface area contributed by atoms with Gasteiger partial charge in [0.05, 0.1) is 0 Å². The molecule has 0 heterocycles. The van der Waals surface area contributed by atoms with E-state index in [9.17, 15) is 18.9 Å². The lowest BCUT2D eigenvalue weighted by atomic mass is 10.3. The molecule has 6 nitrogen and oxygen atoms in total. The maximum Gasteiger partial charge on any atom is 0.258 e. The topological polar surface area (TPSA) is 115 Å². The van der Waals surface area contributed by atoms with Crippen molar-refractivity contribution < 1.29 is 29.1 Å². The summed E-state index contributed by atoms with van der Waals surface area (Å²) in [7, 11) is -6.79. The van der Waals surface area contributed by atoms with Gasteiger partial charge in [0, 0.05) is 21.2 Å². The van der Waals surface area contributed by atoms with Crippen molar-refractivity contribution in [2.24, 2.45) is 0 Å². The van der Waals surface area contributed by atoms with E-state index >= 15 is 0 Å². The molecule has 8 heteroatoms. The number of aliphatic hydroxyl groups is 2. The number of aliphatic hydroxyl groups excluding tert-OH is 2. The summed E-state index contributed by atoms with van der Waals surface area (Å²) in [6.07, 6.45) is -1.27. The summed E-state index contributed by atoms with van der Waals surface area (Å²) >= 11 is 0. The lowest BCUT2D eigenvalue weighted by Gasteiger charge is -2.11. The molecule has 0 spiro atoms. The molecule has 38 heavy (non-hydrogen) atoms. The van der Waals surface area contributed by atoms with E-state index in [4.69, 9.17) is 10.2 Å². The number of rotatable bonds is 4. The molecule has 4 rings (SSSR count). The Bertz CT molecular complexity index is 1190. The summed E-state index contributed by atoms with van der Waals surface area (Å²) in [6.45, 7) is 3.10. The standard InChI is InChI=1S/2C12H11O2P.C6H10O2/c2*13-15(14,11-7-3-1-4-8-11)12-9-5-2-6-10-12;1-5(7)3-4-6(2)8/h2*1-10H,(H,13,14);5-8H,1-2H3. The third-order valence-electron chi connectivity index (χ3n) is 4.93. The van der Waals surface area contributed by atoms with Crippen LogP contribution >= 0.6 is 14.7 Å². The number of hydrogen-bond donors (Lipinski definition) is 4. The zero-order chi connectivity index (χ0) is 28.0. The Hall–Kier alpha value is -3.26. The zero-order valence-corrected chi connectivity index (χ0v) is 23.0. The fraction of sp³-hybridized carbons (Fsp3) is 0.133. The normalized spacial score (nSPS) is 12.3. The summed E-state index contributed by atoms with van der Waals surface area (Å²) in [5, 5.41) is 18.9. The van der Waals surface area contributed by atoms with E-state index < -0.39 is 26.9 Å². The van der Waals surface area contributed by atoms with Gasteiger partial charge < -0.3 is 20.0 Å². The Labute approximate surface area is 224 Å². The molecule has 0 aliphatic rings. The minimum atomic E-state index is -3.40. The number of benzene rings is 4. The Morgan fingerprint density at radius 3 is 0.816 bits per heavy atom. The quantitative estimate of drug-likeness (QED) is 0.228. The molecule has 0 saturated heterocycles. The summed E-state index contributed by atoms with van der Waals surface area (Å²) in [5.41, 5.74) is 0. The van der Waals surface area contributed by atoms with Crippen molar-refractivity contribution in [3.8, 4) is 11.8 Å². The lowest BCUT2D eigenvalue weighted by Crippen LogP contribution is -2.14. The van der Waals surface area contributed by atoms with Crippen LogP contribution in [0.4, 0.5) is 0 Å². The highest BCUT2D eigenvalue weighted by atomic mass is 31.2. The van der Waals surface area contributed by atoms with Gasteiger partial charge in [0.2, 0.25) is 0 Å². The van der Waals surface area contributed by atoms with Crippen molar-refractivity contribution in [3.63, 3.8) is 0 Å². The Morgan fingerprint density at radius 2 is 0.658 bits per heavy atom. The van der Waals surface area contributed by atoms with E-state index in [0.717, 1.165) is 0 Å². The van der Waals surface area contributed by atoms with Gasteiger partial charge in [-0.2, -0.15) is 0 Å². The van der Waals surface area contributed by atoms with Crippen LogP contribution in [0.15, 0.2) is 121 Å². The first kappa shape index (κ1) is 31.0. The van der Waals surface area contributed by atoms with Gasteiger partial charge in [-0.1, -0.05) is 84.6 Å². The van der Waals surface area contributed by atoms with Gasteiger partial charge in [-0.05, 0) is 62.4 Å². The van der Waals surface area contributed by atoms with Gasteiger partial charge in [0.25, 0.3) is 14.7 Å². The minimum Gasteiger partial charge on any atom is -0.381 e. The maximum atomic E-state index is 12.2. The molecule has 4 aromatic carbocycles. The van der Waals surface area contributed by atoms with Crippen LogP contribution in [-0.4, -0.2) is 32.2 Å². The van der Waals surface area contributed by atoms with E-state index in [1.165, 1.54) is 0 Å². The van der Waals surface area contributed by atoms with E-state index in [1.54, 1.807) is 111 Å². The lowest BCUT2D eigenvalue weighted by molar-refractivity contribution is 0.243. The molecule has 198 valence electrons. The van der Waals surface area contributed by atoms with Gasteiger partial charge in [0.1, 0.15) is 12.2 Å². The van der Waals surface area contributed by atoms with Crippen LogP contribution in [0.25, 0.3) is 0 Å². The molecule has 0 bridgehead atoms. The zero-order valence-electron chi connectivity index (χ0n) is 21.2. The molecule has 0 fully saturated rings. The van der Waals surface area contributed by atoms with Crippen LogP contribution in [0.3, 0.4) is 0 Å².